The van der Waals surface area contributed by atoms with Gasteiger partial charge in [0.25, 0.3) is 0 Å². The Hall–Kier alpha value is -0.0200. The van der Waals surface area contributed by atoms with Crippen LogP contribution >= 0.6 is 47.0 Å². The van der Waals surface area contributed by atoms with Crippen molar-refractivity contribution < 1.29 is 13.2 Å². The highest BCUT2D eigenvalue weighted by atomic mass is 35.6. The lowest BCUT2D eigenvalue weighted by Gasteiger charge is -2.28. The van der Waals surface area contributed by atoms with Gasteiger partial charge in [0, 0.05) is 12.5 Å². The summed E-state index contributed by atoms with van der Waals surface area (Å²) in [4.78, 5) is 12.0. The molecule has 0 aromatic heterocycles. The largest absolute Gasteiger partial charge is 0.359 e. The SMILES string of the molecule is CCCCCCC(=O)N[C@@H](NC(=S)N[C@H]1CCS(=O)(=O)C1)C(Cl)(Cl)Cl. The van der Waals surface area contributed by atoms with Gasteiger partial charge in [0.05, 0.1) is 11.5 Å². The number of unbranched alkanes of at least 4 members (excludes halogenated alkanes) is 3. The molecule has 1 aliphatic rings. The van der Waals surface area contributed by atoms with Crippen LogP contribution in [0.2, 0.25) is 0 Å². The molecule has 0 bridgehead atoms. The fourth-order valence-electron chi connectivity index (χ4n) is 2.41. The van der Waals surface area contributed by atoms with Crippen LogP contribution < -0.4 is 16.0 Å². The number of thiocarbonyl (C=S) groups is 1. The first-order chi connectivity index (χ1) is 11.5. The second-order valence-electron chi connectivity index (χ2n) is 6.07. The third-order valence-electron chi connectivity index (χ3n) is 3.73. The quantitative estimate of drug-likeness (QED) is 0.227. The predicted molar refractivity (Wildman–Crippen MR) is 107 cm³/mol. The van der Waals surface area contributed by atoms with E-state index in [0.29, 0.717) is 12.8 Å². The molecule has 0 saturated carbocycles. The van der Waals surface area contributed by atoms with Crippen molar-refractivity contribution in [2.45, 2.75) is 61.4 Å². The number of hydrogen-bond acceptors (Lipinski definition) is 4. The topological polar surface area (TPSA) is 87.3 Å². The number of carbonyl (C=O) groups is 1. The molecule has 11 heteroatoms. The Morgan fingerprint density at radius 3 is 2.44 bits per heavy atom. The summed E-state index contributed by atoms with van der Waals surface area (Å²) >= 11 is 22.9. The number of sulfone groups is 1. The van der Waals surface area contributed by atoms with Crippen molar-refractivity contribution in [1.29, 1.82) is 0 Å². The van der Waals surface area contributed by atoms with Crippen LogP contribution in [-0.2, 0) is 14.6 Å². The number of halogens is 3. The Morgan fingerprint density at radius 1 is 1.24 bits per heavy atom. The molecule has 25 heavy (non-hydrogen) atoms. The summed E-state index contributed by atoms with van der Waals surface area (Å²) in [6.45, 7) is 2.09. The van der Waals surface area contributed by atoms with Crippen molar-refractivity contribution >= 4 is 67.9 Å². The summed E-state index contributed by atoms with van der Waals surface area (Å²) in [5.41, 5.74) is 0. The van der Waals surface area contributed by atoms with Gasteiger partial charge in [0.1, 0.15) is 6.17 Å². The highest BCUT2D eigenvalue weighted by Crippen LogP contribution is 2.29. The van der Waals surface area contributed by atoms with Crippen molar-refractivity contribution in [3.05, 3.63) is 0 Å². The third kappa shape index (κ3) is 9.47. The first kappa shape index (κ1) is 23.0. The average Bonchev–Trinajstić information content (AvgIpc) is 2.80. The van der Waals surface area contributed by atoms with Gasteiger partial charge in [0.15, 0.2) is 14.9 Å². The fraction of sp³-hybridized carbons (Fsp3) is 0.857. The molecule has 1 amide bonds. The molecule has 1 heterocycles. The minimum Gasteiger partial charge on any atom is -0.359 e. The molecule has 1 aliphatic heterocycles. The summed E-state index contributed by atoms with van der Waals surface area (Å²) in [5.74, 6) is -0.113. The highest BCUT2D eigenvalue weighted by molar-refractivity contribution is 7.91. The zero-order chi connectivity index (χ0) is 19.1. The van der Waals surface area contributed by atoms with E-state index < -0.39 is 19.8 Å². The van der Waals surface area contributed by atoms with E-state index in [-0.39, 0.29) is 28.6 Å². The Morgan fingerprint density at radius 2 is 1.92 bits per heavy atom. The lowest BCUT2D eigenvalue weighted by atomic mass is 10.1. The molecule has 1 rings (SSSR count). The number of amides is 1. The van der Waals surface area contributed by atoms with Gasteiger partial charge in [-0.3, -0.25) is 4.79 Å². The summed E-state index contributed by atoms with van der Waals surface area (Å²) < 4.78 is 21.1. The Balaban J connectivity index is 2.50. The highest BCUT2D eigenvalue weighted by Gasteiger charge is 2.35. The van der Waals surface area contributed by atoms with Crippen molar-refractivity contribution in [3.8, 4) is 0 Å². The maximum Gasteiger partial charge on any atom is 0.228 e. The molecule has 146 valence electrons. The Bertz CT molecular complexity index is 567. The van der Waals surface area contributed by atoms with Crippen molar-refractivity contribution in [3.63, 3.8) is 0 Å². The first-order valence-corrected chi connectivity index (χ1v) is 11.5. The van der Waals surface area contributed by atoms with E-state index in [2.05, 4.69) is 22.9 Å². The lowest BCUT2D eigenvalue weighted by molar-refractivity contribution is -0.122. The second-order valence-corrected chi connectivity index (χ2v) is 11.1. The zero-order valence-corrected chi connectivity index (χ0v) is 17.9. The molecule has 1 saturated heterocycles. The minimum absolute atomic E-state index is 0.0110. The van der Waals surface area contributed by atoms with Crippen LogP contribution in [0.15, 0.2) is 0 Å². The third-order valence-corrected chi connectivity index (χ3v) is 6.39. The van der Waals surface area contributed by atoms with Gasteiger partial charge in [-0.1, -0.05) is 61.0 Å². The van der Waals surface area contributed by atoms with E-state index in [4.69, 9.17) is 47.0 Å². The van der Waals surface area contributed by atoms with Crippen LogP contribution in [-0.4, -0.2) is 46.9 Å². The van der Waals surface area contributed by atoms with E-state index in [1.807, 2.05) is 0 Å². The molecule has 0 radical (unpaired) electrons. The molecular weight excluding hydrogens is 429 g/mol. The smallest absolute Gasteiger partial charge is 0.228 e. The fourth-order valence-corrected chi connectivity index (χ4v) is 4.70. The summed E-state index contributed by atoms with van der Waals surface area (Å²) in [5, 5.41) is 8.37. The van der Waals surface area contributed by atoms with Crippen LogP contribution in [0.4, 0.5) is 0 Å². The minimum atomic E-state index is -3.03. The lowest BCUT2D eigenvalue weighted by Crippen LogP contribution is -2.58. The van der Waals surface area contributed by atoms with Crippen molar-refractivity contribution in [1.82, 2.24) is 16.0 Å². The van der Waals surface area contributed by atoms with Crippen molar-refractivity contribution in [2.75, 3.05) is 11.5 Å². The van der Waals surface area contributed by atoms with Crippen LogP contribution in [0, 0.1) is 0 Å². The van der Waals surface area contributed by atoms with E-state index >= 15 is 0 Å². The predicted octanol–water partition coefficient (Wildman–Crippen LogP) is 2.42. The average molecular weight is 453 g/mol. The molecule has 0 spiro atoms. The van der Waals surface area contributed by atoms with E-state index in [1.165, 1.54) is 0 Å². The van der Waals surface area contributed by atoms with Crippen LogP contribution in [0.1, 0.15) is 45.4 Å². The molecule has 0 unspecified atom stereocenters. The molecule has 2 atom stereocenters. The normalized spacial score (nSPS) is 20.7. The molecule has 1 fully saturated rings. The zero-order valence-electron chi connectivity index (χ0n) is 14.0. The molecular formula is C14H24Cl3N3O3S2. The monoisotopic (exact) mass is 451 g/mol. The van der Waals surface area contributed by atoms with E-state index in [0.717, 1.165) is 25.7 Å². The molecule has 0 aliphatic carbocycles. The van der Waals surface area contributed by atoms with Gasteiger partial charge in [-0.15, -0.1) is 0 Å². The number of rotatable bonds is 8. The molecule has 0 aromatic carbocycles. The van der Waals surface area contributed by atoms with Crippen molar-refractivity contribution in [2.24, 2.45) is 0 Å². The van der Waals surface area contributed by atoms with E-state index in [9.17, 15) is 13.2 Å². The summed E-state index contributed by atoms with van der Waals surface area (Å²) in [6, 6.07) is -0.286. The Kier molecular flexibility index (Phi) is 9.53. The van der Waals surface area contributed by atoms with Gasteiger partial charge >= 0.3 is 0 Å². The molecule has 3 N–H and O–H groups in total. The maximum atomic E-state index is 12.0. The van der Waals surface area contributed by atoms with Gasteiger partial charge < -0.3 is 16.0 Å². The van der Waals surface area contributed by atoms with Gasteiger partial charge in [-0.25, -0.2) is 8.42 Å². The number of alkyl halides is 3. The number of carbonyl (C=O) groups excluding carboxylic acids is 1. The standard InChI is InChI=1S/C14H24Cl3N3O3S2/c1-2-3-4-5-6-11(21)19-12(14(15,16)17)20-13(24)18-10-7-8-25(22,23)9-10/h10,12H,2-9H2,1H3,(H,19,21)(H2,18,20,24)/t10-,12-/m0/s1. The summed E-state index contributed by atoms with van der Waals surface area (Å²) in [6.07, 6.45) is 3.65. The van der Waals surface area contributed by atoms with E-state index in [1.54, 1.807) is 0 Å². The number of nitrogens with one attached hydrogen (secondary N) is 3. The van der Waals surface area contributed by atoms with Gasteiger partial charge in [0.2, 0.25) is 9.70 Å². The van der Waals surface area contributed by atoms with Crippen LogP contribution in [0.3, 0.4) is 0 Å². The maximum absolute atomic E-state index is 12.0. The molecule has 6 nitrogen and oxygen atoms in total. The van der Waals surface area contributed by atoms with Crippen LogP contribution in [0.5, 0.6) is 0 Å². The number of hydrogen-bond donors (Lipinski definition) is 3. The first-order valence-electron chi connectivity index (χ1n) is 8.17. The second kappa shape index (κ2) is 10.3. The molecule has 0 aromatic rings. The Labute approximate surface area is 169 Å². The van der Waals surface area contributed by atoms with Gasteiger partial charge in [-0.2, -0.15) is 0 Å². The van der Waals surface area contributed by atoms with Crippen LogP contribution in [0.25, 0.3) is 0 Å². The summed E-state index contributed by atoms with van der Waals surface area (Å²) in [7, 11) is -3.03. The van der Waals surface area contributed by atoms with Gasteiger partial charge in [-0.05, 0) is 25.1 Å².